The van der Waals surface area contributed by atoms with Crippen LogP contribution in [0.25, 0.3) is 0 Å². The molecule has 1 heterocycles. The summed E-state index contributed by atoms with van der Waals surface area (Å²) in [5.41, 5.74) is 0. The molecule has 0 radical (unpaired) electrons. The van der Waals surface area contributed by atoms with E-state index in [1.807, 2.05) is 0 Å². The summed E-state index contributed by atoms with van der Waals surface area (Å²) in [6.07, 6.45) is 16.0. The van der Waals surface area contributed by atoms with Gasteiger partial charge in [0.2, 0.25) is 0 Å². The van der Waals surface area contributed by atoms with E-state index in [1.165, 1.54) is 64.2 Å². The number of likely N-dealkylation sites (tertiary alicyclic amines) is 1. The van der Waals surface area contributed by atoms with Crippen LogP contribution >= 0.6 is 0 Å². The molecule has 0 spiro atoms. The van der Waals surface area contributed by atoms with Crippen molar-refractivity contribution in [3.8, 4) is 0 Å². The zero-order valence-corrected chi connectivity index (χ0v) is 13.9. The van der Waals surface area contributed by atoms with Gasteiger partial charge >= 0.3 is 7.12 Å². The van der Waals surface area contributed by atoms with Crippen LogP contribution in [-0.2, 0) is 0 Å². The summed E-state index contributed by atoms with van der Waals surface area (Å²) in [4.78, 5) is 2.93. The number of hydrogen-bond donors (Lipinski definition) is 2. The van der Waals surface area contributed by atoms with Gasteiger partial charge in [-0.05, 0) is 56.2 Å². The number of rotatable bonds is 2. The van der Waals surface area contributed by atoms with Crippen molar-refractivity contribution in [3.63, 3.8) is 0 Å². The van der Waals surface area contributed by atoms with Crippen LogP contribution in [0.15, 0.2) is 0 Å². The molecule has 4 aliphatic rings. The molecule has 3 saturated carbocycles. The molecule has 5 unspecified atom stereocenters. The van der Waals surface area contributed by atoms with Crippen LogP contribution < -0.4 is 0 Å². The lowest BCUT2D eigenvalue weighted by atomic mass is 9.60. The normalized spacial score (nSPS) is 43.6. The predicted octanol–water partition coefficient (Wildman–Crippen LogP) is 3.21. The Morgan fingerprint density at radius 1 is 0.682 bits per heavy atom. The zero-order chi connectivity index (χ0) is 15.1. The van der Waals surface area contributed by atoms with Crippen LogP contribution in [-0.4, -0.2) is 40.2 Å². The highest BCUT2D eigenvalue weighted by molar-refractivity contribution is 6.43. The first-order chi connectivity index (χ1) is 10.8. The van der Waals surface area contributed by atoms with Crippen LogP contribution in [0.5, 0.6) is 0 Å². The molecule has 0 amide bonds. The molecule has 4 rings (SSSR count). The molecule has 1 saturated heterocycles. The molecular formula is C18H32BNO2. The van der Waals surface area contributed by atoms with Gasteiger partial charge in [0, 0.05) is 18.1 Å². The molecule has 0 bridgehead atoms. The summed E-state index contributed by atoms with van der Waals surface area (Å²) >= 11 is 0. The van der Waals surface area contributed by atoms with Gasteiger partial charge in [-0.2, -0.15) is 0 Å². The van der Waals surface area contributed by atoms with E-state index in [0.29, 0.717) is 6.04 Å². The summed E-state index contributed by atoms with van der Waals surface area (Å²) in [6, 6.07) is 2.27. The van der Waals surface area contributed by atoms with Crippen LogP contribution in [0.1, 0.15) is 77.0 Å². The molecule has 124 valence electrons. The first kappa shape index (κ1) is 15.5. The fourth-order valence-corrected chi connectivity index (χ4v) is 6.49. The van der Waals surface area contributed by atoms with Gasteiger partial charge in [-0.25, -0.2) is 0 Å². The van der Waals surface area contributed by atoms with Crippen LogP contribution in [0.3, 0.4) is 0 Å². The van der Waals surface area contributed by atoms with Crippen molar-refractivity contribution in [2.45, 2.75) is 101 Å². The van der Waals surface area contributed by atoms with Crippen molar-refractivity contribution in [1.29, 1.82) is 0 Å². The highest BCUT2D eigenvalue weighted by Crippen LogP contribution is 2.53. The van der Waals surface area contributed by atoms with E-state index in [9.17, 15) is 10.0 Å². The summed E-state index contributed by atoms with van der Waals surface area (Å²) in [5.74, 6) is 1.88. The summed E-state index contributed by atoms with van der Waals surface area (Å²) in [7, 11) is -1.10. The lowest BCUT2D eigenvalue weighted by molar-refractivity contribution is 0.0635. The molecule has 0 aromatic carbocycles. The van der Waals surface area contributed by atoms with Crippen molar-refractivity contribution in [2.75, 3.05) is 0 Å². The van der Waals surface area contributed by atoms with Crippen molar-refractivity contribution in [1.82, 2.24) is 4.90 Å². The second-order valence-corrected chi connectivity index (χ2v) is 8.47. The maximum Gasteiger partial charge on any atom is 0.454 e. The molecule has 4 heteroatoms. The Bertz CT molecular complexity index is 385. The molecule has 0 aromatic rings. The third-order valence-corrected chi connectivity index (χ3v) is 7.42. The molecule has 22 heavy (non-hydrogen) atoms. The average molecular weight is 305 g/mol. The van der Waals surface area contributed by atoms with Gasteiger partial charge < -0.3 is 10.0 Å². The van der Waals surface area contributed by atoms with E-state index in [-0.39, 0.29) is 5.82 Å². The standard InChI is InChI=1S/C18H32BNO2/c21-19(22)13-10-11-16-15-8-4-5-9-17(15)20(18(16)12-13)14-6-2-1-3-7-14/h13-18,21-22H,1-12H2. The Morgan fingerprint density at radius 3 is 2.14 bits per heavy atom. The van der Waals surface area contributed by atoms with Gasteiger partial charge in [-0.3, -0.25) is 4.90 Å². The van der Waals surface area contributed by atoms with Gasteiger partial charge in [0.25, 0.3) is 0 Å². The molecule has 5 atom stereocenters. The topological polar surface area (TPSA) is 43.7 Å². The van der Waals surface area contributed by atoms with E-state index in [4.69, 9.17) is 0 Å². The number of hydrogen-bond acceptors (Lipinski definition) is 3. The minimum Gasteiger partial charge on any atom is -0.427 e. The van der Waals surface area contributed by atoms with Crippen LogP contribution in [0.4, 0.5) is 0 Å². The van der Waals surface area contributed by atoms with Crippen molar-refractivity contribution >= 4 is 7.12 Å². The molecule has 3 nitrogen and oxygen atoms in total. The quantitative estimate of drug-likeness (QED) is 0.770. The Kier molecular flexibility index (Phi) is 4.53. The summed E-state index contributed by atoms with van der Waals surface area (Å²) in [5, 5.41) is 19.4. The average Bonchev–Trinajstić information content (AvgIpc) is 2.89. The van der Waals surface area contributed by atoms with Crippen LogP contribution in [0, 0.1) is 11.8 Å². The SMILES string of the molecule is OB(O)C1CCC2C3CCCCC3N(C3CCCCC3)C2C1. The van der Waals surface area contributed by atoms with Crippen molar-refractivity contribution in [2.24, 2.45) is 11.8 Å². The van der Waals surface area contributed by atoms with E-state index >= 15 is 0 Å². The minimum absolute atomic E-state index is 0.118. The van der Waals surface area contributed by atoms with Gasteiger partial charge in [-0.1, -0.05) is 38.5 Å². The third kappa shape index (κ3) is 2.65. The highest BCUT2D eigenvalue weighted by atomic mass is 16.4. The lowest BCUT2D eigenvalue weighted by Crippen LogP contribution is -2.48. The third-order valence-electron chi connectivity index (χ3n) is 7.42. The second kappa shape index (κ2) is 6.45. The summed E-state index contributed by atoms with van der Waals surface area (Å²) in [6.45, 7) is 0. The van der Waals surface area contributed by atoms with E-state index in [0.717, 1.165) is 36.8 Å². The minimum atomic E-state index is -1.10. The molecule has 4 fully saturated rings. The number of nitrogens with zero attached hydrogens (tertiary/aromatic N) is 1. The largest absolute Gasteiger partial charge is 0.454 e. The molecule has 0 aromatic heterocycles. The first-order valence-electron chi connectivity index (χ1n) is 9.89. The fourth-order valence-electron chi connectivity index (χ4n) is 6.49. The molecular weight excluding hydrogens is 273 g/mol. The predicted molar refractivity (Wildman–Crippen MR) is 89.5 cm³/mol. The van der Waals surface area contributed by atoms with E-state index in [1.54, 1.807) is 0 Å². The van der Waals surface area contributed by atoms with Crippen molar-refractivity contribution < 1.29 is 10.0 Å². The second-order valence-electron chi connectivity index (χ2n) is 8.47. The molecule has 1 aliphatic heterocycles. The monoisotopic (exact) mass is 305 g/mol. The Hall–Kier alpha value is -0.0551. The molecule has 2 N–H and O–H groups in total. The number of fused-ring (bicyclic) bond motifs is 3. The lowest BCUT2D eigenvalue weighted by Gasteiger charge is -2.43. The fraction of sp³-hybridized carbons (Fsp3) is 1.00. The van der Waals surface area contributed by atoms with Crippen molar-refractivity contribution in [3.05, 3.63) is 0 Å². The van der Waals surface area contributed by atoms with Gasteiger partial charge in [0.05, 0.1) is 0 Å². The Labute approximate surface area is 135 Å². The van der Waals surface area contributed by atoms with Gasteiger partial charge in [0.15, 0.2) is 0 Å². The Balaban J connectivity index is 1.58. The van der Waals surface area contributed by atoms with Crippen LogP contribution in [0.2, 0.25) is 5.82 Å². The first-order valence-corrected chi connectivity index (χ1v) is 9.89. The molecule has 3 aliphatic carbocycles. The zero-order valence-electron chi connectivity index (χ0n) is 13.9. The van der Waals surface area contributed by atoms with E-state index < -0.39 is 7.12 Å². The maximum absolute atomic E-state index is 9.69. The van der Waals surface area contributed by atoms with Gasteiger partial charge in [0.1, 0.15) is 0 Å². The highest BCUT2D eigenvalue weighted by Gasteiger charge is 2.53. The van der Waals surface area contributed by atoms with Gasteiger partial charge in [-0.15, -0.1) is 0 Å². The Morgan fingerprint density at radius 2 is 1.36 bits per heavy atom. The summed E-state index contributed by atoms with van der Waals surface area (Å²) < 4.78 is 0. The maximum atomic E-state index is 9.69. The smallest absolute Gasteiger partial charge is 0.427 e. The van der Waals surface area contributed by atoms with E-state index in [2.05, 4.69) is 4.90 Å².